The molecular weight excluding hydrogens is 261 g/mol. The molecule has 0 saturated heterocycles. The number of H-pyrrole nitrogens is 1. The first kappa shape index (κ1) is 12.0. The third-order valence-corrected chi connectivity index (χ3v) is 2.77. The Morgan fingerprint density at radius 1 is 1.24 bits per heavy atom. The first-order chi connectivity index (χ1) is 8.16. The highest BCUT2D eigenvalue weighted by molar-refractivity contribution is 6.32. The monoisotopic (exact) mass is 269 g/mol. The summed E-state index contributed by atoms with van der Waals surface area (Å²) in [5, 5.41) is 3.72. The van der Waals surface area contributed by atoms with Crippen LogP contribution in [0.25, 0.3) is 0 Å². The largest absolute Gasteiger partial charge is 0.365 e. The Bertz CT molecular complexity index is 566. The second-order valence-corrected chi connectivity index (χ2v) is 4.19. The Kier molecular flexibility index (Phi) is 3.66. The van der Waals surface area contributed by atoms with Crippen molar-refractivity contribution < 1.29 is 0 Å². The third kappa shape index (κ3) is 2.99. The molecule has 0 fully saturated rings. The van der Waals surface area contributed by atoms with Gasteiger partial charge in [-0.3, -0.25) is 4.79 Å². The van der Waals surface area contributed by atoms with E-state index >= 15 is 0 Å². The molecule has 1 heterocycles. The number of anilines is 1. The summed E-state index contributed by atoms with van der Waals surface area (Å²) < 4.78 is 0. The number of hydrogen-bond acceptors (Lipinski definition) is 3. The Morgan fingerprint density at radius 3 is 2.65 bits per heavy atom. The van der Waals surface area contributed by atoms with Gasteiger partial charge in [-0.15, -0.1) is 0 Å². The van der Waals surface area contributed by atoms with E-state index in [1.54, 1.807) is 12.1 Å². The van der Waals surface area contributed by atoms with Crippen LogP contribution in [-0.2, 0) is 6.54 Å². The van der Waals surface area contributed by atoms with Crippen LogP contribution < -0.4 is 10.9 Å². The van der Waals surface area contributed by atoms with Crippen LogP contribution in [-0.4, -0.2) is 9.97 Å². The van der Waals surface area contributed by atoms with E-state index in [2.05, 4.69) is 15.3 Å². The maximum Gasteiger partial charge on any atom is 0.271 e. The molecule has 0 unspecified atom stereocenters. The molecule has 2 aromatic rings. The maximum atomic E-state index is 11.2. The highest BCUT2D eigenvalue weighted by Gasteiger charge is 2.04. The molecular formula is C11H9Cl2N3O. The zero-order valence-electron chi connectivity index (χ0n) is 8.71. The first-order valence-electron chi connectivity index (χ1n) is 4.88. The molecule has 0 spiro atoms. The van der Waals surface area contributed by atoms with E-state index in [0.29, 0.717) is 17.4 Å². The van der Waals surface area contributed by atoms with Gasteiger partial charge in [0.1, 0.15) is 5.02 Å². The van der Waals surface area contributed by atoms with E-state index in [4.69, 9.17) is 23.2 Å². The zero-order chi connectivity index (χ0) is 12.3. The van der Waals surface area contributed by atoms with Gasteiger partial charge in [-0.05, 0) is 17.7 Å². The van der Waals surface area contributed by atoms with E-state index in [0.717, 1.165) is 5.56 Å². The van der Waals surface area contributed by atoms with Crippen molar-refractivity contribution in [3.8, 4) is 0 Å². The lowest BCUT2D eigenvalue weighted by Crippen LogP contribution is -2.11. The number of nitrogens with zero attached hydrogens (tertiary/aromatic N) is 1. The summed E-state index contributed by atoms with van der Waals surface area (Å²) in [4.78, 5) is 17.5. The Labute approximate surface area is 108 Å². The minimum atomic E-state index is -0.361. The zero-order valence-corrected chi connectivity index (χ0v) is 10.2. The van der Waals surface area contributed by atoms with Crippen LogP contribution in [0.15, 0.2) is 35.4 Å². The first-order valence-corrected chi connectivity index (χ1v) is 5.64. The van der Waals surface area contributed by atoms with Crippen molar-refractivity contribution in [2.75, 3.05) is 5.32 Å². The number of nitrogens with one attached hydrogen (secondary N) is 2. The molecule has 0 aliphatic carbocycles. The molecule has 0 aliphatic rings. The van der Waals surface area contributed by atoms with Gasteiger partial charge in [0, 0.05) is 11.6 Å². The summed E-state index contributed by atoms with van der Waals surface area (Å²) in [7, 11) is 0. The fraction of sp³-hybridized carbons (Fsp3) is 0.0909. The van der Waals surface area contributed by atoms with E-state index in [9.17, 15) is 4.79 Å². The predicted octanol–water partition coefficient (Wildman–Crippen LogP) is 2.69. The molecule has 4 nitrogen and oxygen atoms in total. The van der Waals surface area contributed by atoms with E-state index < -0.39 is 0 Å². The summed E-state index contributed by atoms with van der Waals surface area (Å²) in [6.45, 7) is 0.521. The average Bonchev–Trinajstić information content (AvgIpc) is 2.33. The van der Waals surface area contributed by atoms with Gasteiger partial charge >= 0.3 is 0 Å². The Hall–Kier alpha value is -1.52. The van der Waals surface area contributed by atoms with Gasteiger partial charge in [-0.25, -0.2) is 4.98 Å². The lowest BCUT2D eigenvalue weighted by atomic mass is 10.2. The lowest BCUT2D eigenvalue weighted by Gasteiger charge is -2.06. The summed E-state index contributed by atoms with van der Waals surface area (Å²) >= 11 is 11.6. The van der Waals surface area contributed by atoms with E-state index in [1.165, 1.54) is 6.33 Å². The van der Waals surface area contributed by atoms with Crippen molar-refractivity contribution in [2.24, 2.45) is 0 Å². The highest BCUT2D eigenvalue weighted by atomic mass is 35.5. The van der Waals surface area contributed by atoms with Crippen molar-refractivity contribution in [3.05, 3.63) is 56.6 Å². The van der Waals surface area contributed by atoms with E-state index in [-0.39, 0.29) is 10.6 Å². The molecule has 2 rings (SSSR count). The number of rotatable bonds is 3. The van der Waals surface area contributed by atoms with Gasteiger partial charge in [-0.2, -0.15) is 0 Å². The minimum Gasteiger partial charge on any atom is -0.365 e. The third-order valence-electron chi connectivity index (χ3n) is 2.17. The molecule has 1 aromatic heterocycles. The average molecular weight is 270 g/mol. The molecule has 17 heavy (non-hydrogen) atoms. The van der Waals surface area contributed by atoms with Gasteiger partial charge in [0.15, 0.2) is 5.82 Å². The maximum absolute atomic E-state index is 11.2. The van der Waals surface area contributed by atoms with Gasteiger partial charge in [0.05, 0.1) is 6.33 Å². The SMILES string of the molecule is O=c1[nH]cnc(NCc2ccc(Cl)cc2)c1Cl. The van der Waals surface area contributed by atoms with Crippen LogP contribution in [0.2, 0.25) is 10.0 Å². The summed E-state index contributed by atoms with van der Waals surface area (Å²) in [6.07, 6.45) is 1.30. The minimum absolute atomic E-state index is 0.0569. The van der Waals surface area contributed by atoms with Crippen LogP contribution in [0.3, 0.4) is 0 Å². The summed E-state index contributed by atoms with van der Waals surface area (Å²) in [5.74, 6) is 0.366. The summed E-state index contributed by atoms with van der Waals surface area (Å²) in [6, 6.07) is 7.36. The molecule has 6 heteroatoms. The van der Waals surface area contributed by atoms with Gasteiger partial charge < -0.3 is 10.3 Å². The quantitative estimate of drug-likeness (QED) is 0.901. The van der Waals surface area contributed by atoms with Gasteiger partial charge in [-0.1, -0.05) is 35.3 Å². The van der Waals surface area contributed by atoms with Crippen LogP contribution >= 0.6 is 23.2 Å². The lowest BCUT2D eigenvalue weighted by molar-refractivity contribution is 1.06. The highest BCUT2D eigenvalue weighted by Crippen LogP contribution is 2.14. The molecule has 0 radical (unpaired) electrons. The topological polar surface area (TPSA) is 57.8 Å². The number of aromatic nitrogens is 2. The smallest absolute Gasteiger partial charge is 0.271 e. The second-order valence-electron chi connectivity index (χ2n) is 3.37. The molecule has 0 amide bonds. The van der Waals surface area contributed by atoms with Crippen LogP contribution in [0, 0.1) is 0 Å². The van der Waals surface area contributed by atoms with Crippen LogP contribution in [0.4, 0.5) is 5.82 Å². The molecule has 1 aromatic carbocycles. The number of hydrogen-bond donors (Lipinski definition) is 2. The van der Waals surface area contributed by atoms with Crippen molar-refractivity contribution in [1.29, 1.82) is 0 Å². The Balaban J connectivity index is 2.10. The van der Waals surface area contributed by atoms with Gasteiger partial charge in [0.2, 0.25) is 0 Å². The molecule has 0 bridgehead atoms. The van der Waals surface area contributed by atoms with E-state index in [1.807, 2.05) is 12.1 Å². The fourth-order valence-electron chi connectivity index (χ4n) is 1.29. The predicted molar refractivity (Wildman–Crippen MR) is 68.6 cm³/mol. The van der Waals surface area contributed by atoms with Crippen LogP contribution in [0.1, 0.15) is 5.56 Å². The van der Waals surface area contributed by atoms with Crippen molar-refractivity contribution in [2.45, 2.75) is 6.54 Å². The Morgan fingerprint density at radius 2 is 1.94 bits per heavy atom. The molecule has 88 valence electrons. The normalized spacial score (nSPS) is 10.2. The number of halogens is 2. The fourth-order valence-corrected chi connectivity index (χ4v) is 1.59. The second kappa shape index (κ2) is 5.21. The molecule has 0 saturated carbocycles. The van der Waals surface area contributed by atoms with Crippen molar-refractivity contribution >= 4 is 29.0 Å². The number of aromatic amines is 1. The number of benzene rings is 1. The molecule has 2 N–H and O–H groups in total. The molecule has 0 atom stereocenters. The standard InChI is InChI=1S/C11H9Cl2N3O/c12-8-3-1-7(2-4-8)5-14-10-9(13)11(17)16-6-15-10/h1-4,6H,5H2,(H2,14,15,16,17). The van der Waals surface area contributed by atoms with Crippen molar-refractivity contribution in [1.82, 2.24) is 9.97 Å². The summed E-state index contributed by atoms with van der Waals surface area (Å²) in [5.41, 5.74) is 0.660. The van der Waals surface area contributed by atoms with Crippen molar-refractivity contribution in [3.63, 3.8) is 0 Å². The van der Waals surface area contributed by atoms with Gasteiger partial charge in [0.25, 0.3) is 5.56 Å². The van der Waals surface area contributed by atoms with Crippen LogP contribution in [0.5, 0.6) is 0 Å². The molecule has 0 aliphatic heterocycles.